The van der Waals surface area contributed by atoms with Crippen LogP contribution in [0.15, 0.2) is 0 Å². The lowest BCUT2D eigenvalue weighted by Crippen LogP contribution is -2.54. The van der Waals surface area contributed by atoms with Crippen LogP contribution in [0.2, 0.25) is 0 Å². The molecule has 1 saturated carbocycles. The van der Waals surface area contributed by atoms with E-state index in [1.165, 1.54) is 58.2 Å². The molecule has 1 saturated heterocycles. The van der Waals surface area contributed by atoms with E-state index in [1.54, 1.807) is 0 Å². The largest absolute Gasteiger partial charge is 0.368 e. The molecule has 2 aliphatic rings. The van der Waals surface area contributed by atoms with Crippen molar-refractivity contribution < 1.29 is 4.79 Å². The van der Waals surface area contributed by atoms with E-state index in [0.29, 0.717) is 6.04 Å². The zero-order chi connectivity index (χ0) is 15.3. The molecule has 2 rings (SSSR count). The van der Waals surface area contributed by atoms with Gasteiger partial charge in [-0.25, -0.2) is 0 Å². The molecule has 1 aliphatic carbocycles. The van der Waals surface area contributed by atoms with Gasteiger partial charge in [0, 0.05) is 6.04 Å². The standard InChI is InChI=1S/C17H33N3O/c1-3-14-8-12-20(13-9-14)11-5-4-10-17(2,16(18)21)19-15-6-7-15/h14-15,19H,3-13H2,1-2H3,(H2,18,21). The van der Waals surface area contributed by atoms with Crippen LogP contribution in [0.3, 0.4) is 0 Å². The van der Waals surface area contributed by atoms with Crippen LogP contribution in [-0.4, -0.2) is 42.0 Å². The van der Waals surface area contributed by atoms with Crippen LogP contribution < -0.4 is 11.1 Å². The molecule has 1 atom stereocenters. The highest BCUT2D eigenvalue weighted by Crippen LogP contribution is 2.25. The maximum absolute atomic E-state index is 11.7. The fourth-order valence-corrected chi connectivity index (χ4v) is 3.38. The van der Waals surface area contributed by atoms with Crippen LogP contribution in [0.5, 0.6) is 0 Å². The van der Waals surface area contributed by atoms with Crippen LogP contribution in [0.4, 0.5) is 0 Å². The maximum Gasteiger partial charge on any atom is 0.237 e. The Labute approximate surface area is 129 Å². The first-order chi connectivity index (χ1) is 10.0. The Morgan fingerprint density at radius 2 is 1.90 bits per heavy atom. The number of piperidine rings is 1. The lowest BCUT2D eigenvalue weighted by Gasteiger charge is -2.32. The van der Waals surface area contributed by atoms with Gasteiger partial charge in [0.15, 0.2) is 0 Å². The van der Waals surface area contributed by atoms with Gasteiger partial charge in [0.1, 0.15) is 0 Å². The first kappa shape index (κ1) is 16.8. The van der Waals surface area contributed by atoms with E-state index in [0.717, 1.165) is 18.8 Å². The summed E-state index contributed by atoms with van der Waals surface area (Å²) in [6.07, 6.45) is 9.54. The molecule has 122 valence electrons. The van der Waals surface area contributed by atoms with Gasteiger partial charge in [-0.1, -0.05) is 13.3 Å². The lowest BCUT2D eigenvalue weighted by atomic mass is 9.92. The van der Waals surface area contributed by atoms with E-state index in [1.807, 2.05) is 6.92 Å². The van der Waals surface area contributed by atoms with Crippen LogP contribution in [0.25, 0.3) is 0 Å². The van der Waals surface area contributed by atoms with Gasteiger partial charge in [-0.15, -0.1) is 0 Å². The second-order valence-electron chi connectivity index (χ2n) is 7.27. The molecule has 3 N–H and O–H groups in total. The molecule has 1 aliphatic heterocycles. The van der Waals surface area contributed by atoms with Crippen molar-refractivity contribution in [3.8, 4) is 0 Å². The van der Waals surface area contributed by atoms with E-state index < -0.39 is 5.54 Å². The molecule has 0 bridgehead atoms. The van der Waals surface area contributed by atoms with Crippen LogP contribution >= 0.6 is 0 Å². The van der Waals surface area contributed by atoms with Gasteiger partial charge in [-0.05, 0) is 77.4 Å². The van der Waals surface area contributed by atoms with E-state index in [2.05, 4.69) is 17.1 Å². The van der Waals surface area contributed by atoms with Crippen molar-refractivity contribution in [2.45, 2.75) is 76.8 Å². The Morgan fingerprint density at radius 3 is 2.43 bits per heavy atom. The smallest absolute Gasteiger partial charge is 0.237 e. The average molecular weight is 295 g/mol. The zero-order valence-corrected chi connectivity index (χ0v) is 13.9. The van der Waals surface area contributed by atoms with Gasteiger partial charge in [0.2, 0.25) is 5.91 Å². The van der Waals surface area contributed by atoms with Crippen LogP contribution in [0.1, 0.15) is 65.2 Å². The number of hydrogen-bond donors (Lipinski definition) is 2. The van der Waals surface area contributed by atoms with Gasteiger partial charge in [-0.3, -0.25) is 4.79 Å². The van der Waals surface area contributed by atoms with E-state index in [9.17, 15) is 4.79 Å². The molecule has 1 unspecified atom stereocenters. The summed E-state index contributed by atoms with van der Waals surface area (Å²) in [4.78, 5) is 14.3. The first-order valence-electron chi connectivity index (χ1n) is 8.83. The Bertz CT molecular complexity index is 335. The van der Waals surface area contributed by atoms with Crippen LogP contribution in [0, 0.1) is 5.92 Å². The molecule has 2 fully saturated rings. The summed E-state index contributed by atoms with van der Waals surface area (Å²) in [5.41, 5.74) is 5.09. The van der Waals surface area contributed by atoms with Crippen molar-refractivity contribution >= 4 is 5.91 Å². The number of nitrogens with one attached hydrogen (secondary N) is 1. The zero-order valence-electron chi connectivity index (χ0n) is 13.9. The van der Waals surface area contributed by atoms with Crippen molar-refractivity contribution in [3.05, 3.63) is 0 Å². The van der Waals surface area contributed by atoms with Gasteiger partial charge >= 0.3 is 0 Å². The highest BCUT2D eigenvalue weighted by atomic mass is 16.1. The van der Waals surface area contributed by atoms with Gasteiger partial charge in [0.05, 0.1) is 5.54 Å². The van der Waals surface area contributed by atoms with Crippen molar-refractivity contribution in [2.24, 2.45) is 11.7 Å². The molecular weight excluding hydrogens is 262 g/mol. The number of carbonyl (C=O) groups excluding carboxylic acids is 1. The Hall–Kier alpha value is -0.610. The second kappa shape index (κ2) is 7.59. The second-order valence-corrected chi connectivity index (χ2v) is 7.27. The number of hydrogen-bond acceptors (Lipinski definition) is 3. The molecule has 0 aromatic rings. The number of primary amides is 1. The lowest BCUT2D eigenvalue weighted by molar-refractivity contribution is -0.124. The first-order valence-corrected chi connectivity index (χ1v) is 8.83. The highest BCUT2D eigenvalue weighted by molar-refractivity contribution is 5.84. The predicted molar refractivity (Wildman–Crippen MR) is 87.1 cm³/mol. The Balaban J connectivity index is 1.62. The summed E-state index contributed by atoms with van der Waals surface area (Å²) in [5.74, 6) is 0.750. The number of rotatable bonds is 9. The summed E-state index contributed by atoms with van der Waals surface area (Å²) in [6.45, 7) is 7.96. The molecule has 0 aromatic carbocycles. The number of carbonyl (C=O) groups is 1. The molecule has 0 spiro atoms. The molecule has 1 heterocycles. The Kier molecular flexibility index (Phi) is 6.06. The minimum atomic E-state index is -0.504. The summed E-state index contributed by atoms with van der Waals surface area (Å²) in [7, 11) is 0. The predicted octanol–water partition coefficient (Wildman–Crippen LogP) is 2.27. The topological polar surface area (TPSA) is 58.4 Å². The normalized spacial score (nSPS) is 23.9. The third kappa shape index (κ3) is 5.26. The third-order valence-electron chi connectivity index (χ3n) is 5.33. The average Bonchev–Trinajstić information content (AvgIpc) is 3.28. The fraction of sp³-hybridized carbons (Fsp3) is 0.941. The maximum atomic E-state index is 11.7. The fourth-order valence-electron chi connectivity index (χ4n) is 3.38. The van der Waals surface area contributed by atoms with Crippen molar-refractivity contribution in [1.82, 2.24) is 10.2 Å². The SMILES string of the molecule is CCC1CCN(CCCCC(C)(NC2CC2)C(N)=O)CC1. The molecule has 4 heteroatoms. The molecule has 4 nitrogen and oxygen atoms in total. The van der Waals surface area contributed by atoms with Crippen molar-refractivity contribution in [1.29, 1.82) is 0 Å². The number of likely N-dealkylation sites (tertiary alicyclic amines) is 1. The molecule has 0 radical (unpaired) electrons. The summed E-state index contributed by atoms with van der Waals surface area (Å²) >= 11 is 0. The van der Waals surface area contributed by atoms with Gasteiger partial charge in [0.25, 0.3) is 0 Å². The Morgan fingerprint density at radius 1 is 1.24 bits per heavy atom. The number of unbranched alkanes of at least 4 members (excludes halogenated alkanes) is 1. The van der Waals surface area contributed by atoms with Gasteiger partial charge < -0.3 is 16.0 Å². The summed E-state index contributed by atoms with van der Waals surface area (Å²) in [6, 6.07) is 0.524. The quantitative estimate of drug-likeness (QED) is 0.642. The van der Waals surface area contributed by atoms with Crippen molar-refractivity contribution in [2.75, 3.05) is 19.6 Å². The summed E-state index contributed by atoms with van der Waals surface area (Å²) in [5, 5.41) is 3.43. The summed E-state index contributed by atoms with van der Waals surface area (Å²) < 4.78 is 0. The van der Waals surface area contributed by atoms with E-state index in [-0.39, 0.29) is 5.91 Å². The number of nitrogens with zero attached hydrogens (tertiary/aromatic N) is 1. The van der Waals surface area contributed by atoms with E-state index in [4.69, 9.17) is 5.73 Å². The number of amides is 1. The molecule has 0 aromatic heterocycles. The molecular formula is C17H33N3O. The molecule has 21 heavy (non-hydrogen) atoms. The highest BCUT2D eigenvalue weighted by Gasteiger charge is 2.36. The minimum absolute atomic E-state index is 0.196. The van der Waals surface area contributed by atoms with Gasteiger partial charge in [-0.2, -0.15) is 0 Å². The molecule has 1 amide bonds. The number of nitrogens with two attached hydrogens (primary N) is 1. The third-order valence-corrected chi connectivity index (χ3v) is 5.33. The minimum Gasteiger partial charge on any atom is -0.368 e. The van der Waals surface area contributed by atoms with Crippen molar-refractivity contribution in [3.63, 3.8) is 0 Å². The monoisotopic (exact) mass is 295 g/mol. The van der Waals surface area contributed by atoms with E-state index >= 15 is 0 Å². The van der Waals surface area contributed by atoms with Crippen LogP contribution in [-0.2, 0) is 4.79 Å².